The number of hydrogen-bond acceptors (Lipinski definition) is 3. The topological polar surface area (TPSA) is 58.4 Å². The Kier molecular flexibility index (Phi) is 3.27. The largest absolute Gasteiger partial charge is 0.354 e. The first-order valence-electron chi connectivity index (χ1n) is 4.72. The number of nitrogens with zero attached hydrogens (tertiary/aromatic N) is 1. The summed E-state index contributed by atoms with van der Waals surface area (Å²) >= 11 is 0. The van der Waals surface area contributed by atoms with Crippen LogP contribution in [0.1, 0.15) is 13.3 Å². The minimum atomic E-state index is 0.0781. The van der Waals surface area contributed by atoms with E-state index in [0.717, 1.165) is 6.42 Å². The minimum Gasteiger partial charge on any atom is -0.354 e. The zero-order valence-corrected chi connectivity index (χ0v) is 8.58. The standard InChI is InChI=1S/C9H19N3O/c1-6(12(2)3)5-11-9(13)7-4-8(7)10/h6-8H,4-5,10H2,1-3H3,(H,11,13). The quantitative estimate of drug-likeness (QED) is 0.615. The highest BCUT2D eigenvalue weighted by Crippen LogP contribution is 2.27. The fourth-order valence-electron chi connectivity index (χ4n) is 1.08. The predicted octanol–water partition coefficient (Wildman–Crippen LogP) is -0.600. The Labute approximate surface area is 79.5 Å². The van der Waals surface area contributed by atoms with E-state index in [1.165, 1.54) is 0 Å². The van der Waals surface area contributed by atoms with Crippen LogP contribution in [0.3, 0.4) is 0 Å². The highest BCUT2D eigenvalue weighted by atomic mass is 16.2. The van der Waals surface area contributed by atoms with Gasteiger partial charge in [-0.05, 0) is 27.4 Å². The van der Waals surface area contributed by atoms with Crippen molar-refractivity contribution in [1.29, 1.82) is 0 Å². The van der Waals surface area contributed by atoms with Crippen molar-refractivity contribution in [3.05, 3.63) is 0 Å². The summed E-state index contributed by atoms with van der Waals surface area (Å²) in [5, 5.41) is 2.90. The van der Waals surface area contributed by atoms with Crippen molar-refractivity contribution < 1.29 is 4.79 Å². The van der Waals surface area contributed by atoms with E-state index in [-0.39, 0.29) is 17.9 Å². The summed E-state index contributed by atoms with van der Waals surface area (Å²) in [4.78, 5) is 13.4. The third kappa shape index (κ3) is 2.97. The van der Waals surface area contributed by atoms with E-state index in [1.54, 1.807) is 0 Å². The summed E-state index contributed by atoms with van der Waals surface area (Å²) < 4.78 is 0. The van der Waals surface area contributed by atoms with Crippen LogP contribution in [0.4, 0.5) is 0 Å². The molecule has 4 nitrogen and oxygen atoms in total. The molecule has 76 valence electrons. The van der Waals surface area contributed by atoms with Crippen LogP contribution < -0.4 is 11.1 Å². The van der Waals surface area contributed by atoms with Gasteiger partial charge in [0.05, 0.1) is 5.92 Å². The Hall–Kier alpha value is -0.610. The number of hydrogen-bond donors (Lipinski definition) is 2. The van der Waals surface area contributed by atoms with Gasteiger partial charge in [-0.2, -0.15) is 0 Å². The summed E-state index contributed by atoms with van der Waals surface area (Å²) in [5.41, 5.74) is 5.56. The van der Waals surface area contributed by atoms with Crippen LogP contribution in [-0.4, -0.2) is 43.5 Å². The molecule has 3 N–H and O–H groups in total. The number of nitrogens with two attached hydrogens (primary N) is 1. The van der Waals surface area contributed by atoms with Gasteiger partial charge in [0.1, 0.15) is 0 Å². The second kappa shape index (κ2) is 4.07. The summed E-state index contributed by atoms with van der Waals surface area (Å²) in [6, 6.07) is 0.480. The normalized spacial score (nSPS) is 28.7. The maximum absolute atomic E-state index is 11.3. The molecule has 1 fully saturated rings. The Morgan fingerprint density at radius 1 is 1.69 bits per heavy atom. The van der Waals surface area contributed by atoms with Gasteiger partial charge >= 0.3 is 0 Å². The molecule has 0 bridgehead atoms. The molecule has 4 heteroatoms. The van der Waals surface area contributed by atoms with Gasteiger partial charge in [-0.1, -0.05) is 0 Å². The molecule has 13 heavy (non-hydrogen) atoms. The third-order valence-corrected chi connectivity index (χ3v) is 2.63. The molecule has 1 aliphatic carbocycles. The average Bonchev–Trinajstić information content (AvgIpc) is 2.77. The zero-order chi connectivity index (χ0) is 10.0. The third-order valence-electron chi connectivity index (χ3n) is 2.63. The van der Waals surface area contributed by atoms with Crippen LogP contribution in [0.5, 0.6) is 0 Å². The number of nitrogens with one attached hydrogen (secondary N) is 1. The van der Waals surface area contributed by atoms with Crippen molar-refractivity contribution in [2.24, 2.45) is 11.7 Å². The molecule has 3 unspecified atom stereocenters. The Balaban J connectivity index is 2.15. The number of carbonyl (C=O) groups is 1. The maximum atomic E-state index is 11.3. The van der Waals surface area contributed by atoms with E-state index in [4.69, 9.17) is 5.73 Å². The van der Waals surface area contributed by atoms with Crippen molar-refractivity contribution in [2.75, 3.05) is 20.6 Å². The van der Waals surface area contributed by atoms with Crippen molar-refractivity contribution in [1.82, 2.24) is 10.2 Å². The molecule has 0 aliphatic heterocycles. The molecule has 1 amide bonds. The molecule has 3 atom stereocenters. The molecule has 1 aliphatic rings. The number of likely N-dealkylation sites (N-methyl/N-ethyl adjacent to an activating group) is 1. The van der Waals surface area contributed by atoms with Gasteiger partial charge in [0.2, 0.25) is 5.91 Å². The van der Waals surface area contributed by atoms with Crippen LogP contribution in [0, 0.1) is 5.92 Å². The lowest BCUT2D eigenvalue weighted by atomic mass is 10.3. The van der Waals surface area contributed by atoms with Gasteiger partial charge in [0.15, 0.2) is 0 Å². The number of amides is 1. The Bertz CT molecular complexity index is 193. The van der Waals surface area contributed by atoms with Gasteiger partial charge in [0, 0.05) is 18.6 Å². The second-order valence-corrected chi connectivity index (χ2v) is 4.06. The van der Waals surface area contributed by atoms with Gasteiger partial charge < -0.3 is 16.0 Å². The van der Waals surface area contributed by atoms with Crippen molar-refractivity contribution >= 4 is 5.91 Å². The fourth-order valence-corrected chi connectivity index (χ4v) is 1.08. The summed E-state index contributed by atoms with van der Waals surface area (Å²) in [6.45, 7) is 2.78. The lowest BCUT2D eigenvalue weighted by Gasteiger charge is -2.19. The van der Waals surface area contributed by atoms with Crippen molar-refractivity contribution in [2.45, 2.75) is 25.4 Å². The first kappa shape index (κ1) is 10.5. The second-order valence-electron chi connectivity index (χ2n) is 4.06. The van der Waals surface area contributed by atoms with Gasteiger partial charge in [-0.15, -0.1) is 0 Å². The Morgan fingerprint density at radius 3 is 2.62 bits per heavy atom. The lowest BCUT2D eigenvalue weighted by molar-refractivity contribution is -0.122. The van der Waals surface area contributed by atoms with Gasteiger partial charge in [-0.25, -0.2) is 0 Å². The van der Waals surface area contributed by atoms with Crippen molar-refractivity contribution in [3.8, 4) is 0 Å². The SMILES string of the molecule is CC(CNC(=O)C1CC1N)N(C)C. The summed E-state index contributed by atoms with van der Waals surface area (Å²) in [7, 11) is 4.00. The van der Waals surface area contributed by atoms with Crippen LogP contribution in [-0.2, 0) is 4.79 Å². The number of carbonyl (C=O) groups excluding carboxylic acids is 1. The molecule has 0 aromatic carbocycles. The van der Waals surface area contributed by atoms with Gasteiger partial charge in [0.25, 0.3) is 0 Å². The maximum Gasteiger partial charge on any atom is 0.224 e. The fraction of sp³-hybridized carbons (Fsp3) is 0.889. The van der Waals surface area contributed by atoms with E-state index in [9.17, 15) is 4.79 Å². The molecule has 1 rings (SSSR count). The molecular weight excluding hydrogens is 166 g/mol. The average molecular weight is 185 g/mol. The van der Waals surface area contributed by atoms with Gasteiger partial charge in [-0.3, -0.25) is 4.79 Å². The van der Waals surface area contributed by atoms with E-state index < -0.39 is 0 Å². The van der Waals surface area contributed by atoms with Crippen LogP contribution in [0.2, 0.25) is 0 Å². The minimum absolute atomic E-state index is 0.0781. The molecule has 0 radical (unpaired) electrons. The van der Waals surface area contributed by atoms with E-state index >= 15 is 0 Å². The number of rotatable bonds is 4. The van der Waals surface area contributed by atoms with E-state index in [0.29, 0.717) is 12.6 Å². The van der Waals surface area contributed by atoms with Crippen LogP contribution >= 0.6 is 0 Å². The van der Waals surface area contributed by atoms with E-state index in [1.807, 2.05) is 14.1 Å². The predicted molar refractivity (Wildman–Crippen MR) is 52.2 cm³/mol. The van der Waals surface area contributed by atoms with Crippen molar-refractivity contribution in [3.63, 3.8) is 0 Å². The molecule has 0 saturated heterocycles. The summed E-state index contributed by atoms with van der Waals surface area (Å²) in [5.74, 6) is 0.190. The monoisotopic (exact) mass is 185 g/mol. The van der Waals surface area contributed by atoms with Crippen LogP contribution in [0.25, 0.3) is 0 Å². The zero-order valence-electron chi connectivity index (χ0n) is 8.58. The van der Waals surface area contributed by atoms with Crippen LogP contribution in [0.15, 0.2) is 0 Å². The lowest BCUT2D eigenvalue weighted by Crippen LogP contribution is -2.39. The first-order valence-corrected chi connectivity index (χ1v) is 4.72. The highest BCUT2D eigenvalue weighted by Gasteiger charge is 2.39. The molecular formula is C9H19N3O. The molecule has 0 aromatic rings. The Morgan fingerprint density at radius 2 is 2.23 bits per heavy atom. The smallest absolute Gasteiger partial charge is 0.224 e. The first-order chi connectivity index (χ1) is 6.02. The molecule has 0 heterocycles. The van der Waals surface area contributed by atoms with E-state index in [2.05, 4.69) is 17.1 Å². The molecule has 0 spiro atoms. The highest BCUT2D eigenvalue weighted by molar-refractivity contribution is 5.82. The molecule has 1 saturated carbocycles. The molecule has 0 aromatic heterocycles. The summed E-state index contributed by atoms with van der Waals surface area (Å²) in [6.07, 6.45) is 0.849.